The fourth-order valence-electron chi connectivity index (χ4n) is 7.53. The number of hydrogen-bond donors (Lipinski definition) is 1. The van der Waals surface area contributed by atoms with Gasteiger partial charge in [-0.25, -0.2) is 0 Å². The zero-order valence-electron chi connectivity index (χ0n) is 31.5. The van der Waals surface area contributed by atoms with E-state index in [2.05, 4.69) is 234 Å². The molecule has 0 fully saturated rings. The van der Waals surface area contributed by atoms with E-state index in [1.165, 1.54) is 5.56 Å². The number of para-hydroxylation sites is 4. The first kappa shape index (κ1) is 35.1. The molecule has 57 heavy (non-hydrogen) atoms. The van der Waals surface area contributed by atoms with Crippen molar-refractivity contribution in [3.8, 4) is 44.5 Å². The zero-order chi connectivity index (χ0) is 38.4. The van der Waals surface area contributed by atoms with Gasteiger partial charge in [-0.3, -0.25) is 0 Å². The van der Waals surface area contributed by atoms with Crippen molar-refractivity contribution >= 4 is 39.8 Å². The van der Waals surface area contributed by atoms with Gasteiger partial charge in [0.1, 0.15) is 0 Å². The number of hydrogen-bond acceptors (Lipinski definition) is 3. The van der Waals surface area contributed by atoms with Crippen LogP contribution in [-0.2, 0) is 0 Å². The molecule has 0 aromatic heterocycles. The van der Waals surface area contributed by atoms with Gasteiger partial charge in [0.2, 0.25) is 0 Å². The van der Waals surface area contributed by atoms with Gasteiger partial charge in [-0.2, -0.15) is 0 Å². The van der Waals surface area contributed by atoms with E-state index in [1.807, 2.05) is 12.1 Å². The van der Waals surface area contributed by atoms with Crippen molar-refractivity contribution in [2.24, 2.45) is 0 Å². The van der Waals surface area contributed by atoms with Crippen LogP contribution in [0.2, 0.25) is 0 Å². The minimum Gasteiger partial charge on any atom is -0.399 e. The van der Waals surface area contributed by atoms with Gasteiger partial charge in [0.15, 0.2) is 0 Å². The van der Waals surface area contributed by atoms with Crippen molar-refractivity contribution in [2.45, 2.75) is 0 Å². The Morgan fingerprint density at radius 3 is 0.912 bits per heavy atom. The highest BCUT2D eigenvalue weighted by Gasteiger charge is 2.17. The molecular weight excluding hydrogens is 691 g/mol. The molecule has 0 saturated carbocycles. The molecule has 272 valence electrons. The molecule has 3 nitrogen and oxygen atoms in total. The van der Waals surface area contributed by atoms with Crippen molar-refractivity contribution in [1.82, 2.24) is 0 Å². The predicted molar refractivity (Wildman–Crippen MR) is 242 cm³/mol. The Bertz CT molecular complexity index is 2600. The molecule has 0 aliphatic carbocycles. The number of nitrogens with two attached hydrogens (primary N) is 1. The van der Waals surface area contributed by atoms with Gasteiger partial charge in [-0.15, -0.1) is 0 Å². The first-order valence-corrected chi connectivity index (χ1v) is 19.3. The second kappa shape index (κ2) is 16.0. The standard InChI is InChI=1S/C54H41N3/c55-46-33-29-42(30-34-46)40-21-25-44(26-22-40)53-38-37-52(57(49-17-9-3-10-18-49)50-19-11-4-12-20-50)39-54(53)45-27-23-41(24-28-45)43-31-35-51(36-32-43)56(47-13-5-1-6-14-47)48-15-7-2-8-16-48/h1-39H,55H2. The average molecular weight is 732 g/mol. The van der Waals surface area contributed by atoms with Crippen LogP contribution in [0.4, 0.5) is 39.8 Å². The first-order valence-electron chi connectivity index (χ1n) is 19.3. The summed E-state index contributed by atoms with van der Waals surface area (Å²) in [6.07, 6.45) is 0. The molecule has 2 N–H and O–H groups in total. The molecule has 0 radical (unpaired) electrons. The second-order valence-electron chi connectivity index (χ2n) is 14.1. The van der Waals surface area contributed by atoms with E-state index >= 15 is 0 Å². The molecule has 0 saturated heterocycles. The second-order valence-corrected chi connectivity index (χ2v) is 14.1. The van der Waals surface area contributed by atoms with Crippen LogP contribution >= 0.6 is 0 Å². The highest BCUT2D eigenvalue weighted by atomic mass is 15.1. The predicted octanol–water partition coefficient (Wildman–Crippen LogP) is 14.9. The Hall–Kier alpha value is -7.62. The molecule has 0 spiro atoms. The van der Waals surface area contributed by atoms with Crippen LogP contribution in [0.25, 0.3) is 44.5 Å². The summed E-state index contributed by atoms with van der Waals surface area (Å²) in [6.45, 7) is 0. The van der Waals surface area contributed by atoms with E-state index in [0.717, 1.165) is 78.8 Å². The maximum Gasteiger partial charge on any atom is 0.0468 e. The number of benzene rings is 9. The molecule has 0 aliphatic heterocycles. The third kappa shape index (κ3) is 7.55. The summed E-state index contributed by atoms with van der Waals surface area (Å²) < 4.78 is 0. The van der Waals surface area contributed by atoms with E-state index in [4.69, 9.17) is 5.73 Å². The molecule has 9 rings (SSSR count). The first-order chi connectivity index (χ1) is 28.2. The smallest absolute Gasteiger partial charge is 0.0468 e. The average Bonchev–Trinajstić information content (AvgIpc) is 3.29. The summed E-state index contributed by atoms with van der Waals surface area (Å²) in [5.41, 5.74) is 22.7. The van der Waals surface area contributed by atoms with Crippen molar-refractivity contribution in [2.75, 3.05) is 15.5 Å². The van der Waals surface area contributed by atoms with Gasteiger partial charge in [-0.05, 0) is 129 Å². The number of nitrogen functional groups attached to an aromatic ring is 1. The van der Waals surface area contributed by atoms with Crippen molar-refractivity contribution < 1.29 is 0 Å². The summed E-state index contributed by atoms with van der Waals surface area (Å²) in [6, 6.07) is 83.7. The molecule has 0 unspecified atom stereocenters. The maximum absolute atomic E-state index is 5.98. The Morgan fingerprint density at radius 1 is 0.228 bits per heavy atom. The largest absolute Gasteiger partial charge is 0.399 e. The van der Waals surface area contributed by atoms with Crippen molar-refractivity contribution in [3.05, 3.63) is 237 Å². The molecule has 0 amide bonds. The number of nitrogens with zero attached hydrogens (tertiary/aromatic N) is 2. The van der Waals surface area contributed by atoms with Crippen LogP contribution in [0.3, 0.4) is 0 Å². The van der Waals surface area contributed by atoms with Gasteiger partial charge >= 0.3 is 0 Å². The fourth-order valence-corrected chi connectivity index (χ4v) is 7.53. The highest BCUT2D eigenvalue weighted by molar-refractivity contribution is 5.90. The molecule has 0 atom stereocenters. The molecule has 9 aromatic carbocycles. The summed E-state index contributed by atoms with van der Waals surface area (Å²) in [5.74, 6) is 0. The molecule has 9 aromatic rings. The van der Waals surface area contributed by atoms with E-state index in [9.17, 15) is 0 Å². The highest BCUT2D eigenvalue weighted by Crippen LogP contribution is 2.42. The Morgan fingerprint density at radius 2 is 0.509 bits per heavy atom. The number of rotatable bonds is 10. The normalized spacial score (nSPS) is 10.9. The molecular formula is C54H41N3. The van der Waals surface area contributed by atoms with Crippen molar-refractivity contribution in [1.29, 1.82) is 0 Å². The zero-order valence-corrected chi connectivity index (χ0v) is 31.5. The van der Waals surface area contributed by atoms with Crippen molar-refractivity contribution in [3.63, 3.8) is 0 Å². The SMILES string of the molecule is Nc1ccc(-c2ccc(-c3ccc(N(c4ccccc4)c4ccccc4)cc3-c3ccc(-c4ccc(N(c5ccccc5)c5ccccc5)cc4)cc3)cc2)cc1. The van der Waals surface area contributed by atoms with Gasteiger partial charge < -0.3 is 15.5 Å². The van der Waals surface area contributed by atoms with Crippen LogP contribution < -0.4 is 15.5 Å². The third-order valence-corrected chi connectivity index (χ3v) is 10.4. The lowest BCUT2D eigenvalue weighted by Gasteiger charge is -2.26. The van der Waals surface area contributed by atoms with E-state index in [-0.39, 0.29) is 0 Å². The van der Waals surface area contributed by atoms with Gasteiger partial charge in [-0.1, -0.05) is 152 Å². The topological polar surface area (TPSA) is 32.5 Å². The Kier molecular flexibility index (Phi) is 9.86. The molecule has 0 heterocycles. The Balaban J connectivity index is 1.09. The van der Waals surface area contributed by atoms with E-state index in [1.54, 1.807) is 0 Å². The molecule has 3 heteroatoms. The van der Waals surface area contributed by atoms with Gasteiger partial charge in [0.05, 0.1) is 0 Å². The fraction of sp³-hybridized carbons (Fsp3) is 0. The minimum absolute atomic E-state index is 0.765. The number of anilines is 7. The van der Waals surface area contributed by atoms with E-state index < -0.39 is 0 Å². The quantitative estimate of drug-likeness (QED) is 0.142. The third-order valence-electron chi connectivity index (χ3n) is 10.4. The van der Waals surface area contributed by atoms with Crippen LogP contribution in [0.5, 0.6) is 0 Å². The van der Waals surface area contributed by atoms with Crippen LogP contribution in [0.15, 0.2) is 237 Å². The summed E-state index contributed by atoms with van der Waals surface area (Å²) >= 11 is 0. The summed E-state index contributed by atoms with van der Waals surface area (Å²) in [5, 5.41) is 0. The van der Waals surface area contributed by atoms with Crippen LogP contribution in [-0.4, -0.2) is 0 Å². The van der Waals surface area contributed by atoms with E-state index in [0.29, 0.717) is 0 Å². The molecule has 0 bridgehead atoms. The Labute approximate surface area is 335 Å². The maximum atomic E-state index is 5.98. The lowest BCUT2D eigenvalue weighted by Crippen LogP contribution is -2.10. The van der Waals surface area contributed by atoms with Gasteiger partial charge in [0.25, 0.3) is 0 Å². The lowest BCUT2D eigenvalue weighted by atomic mass is 9.91. The van der Waals surface area contributed by atoms with Crippen LogP contribution in [0.1, 0.15) is 0 Å². The minimum atomic E-state index is 0.765. The monoisotopic (exact) mass is 731 g/mol. The summed E-state index contributed by atoms with van der Waals surface area (Å²) in [4.78, 5) is 4.61. The van der Waals surface area contributed by atoms with Crippen LogP contribution in [0, 0.1) is 0 Å². The molecule has 0 aliphatic rings. The van der Waals surface area contributed by atoms with Gasteiger partial charge in [0, 0.05) is 39.8 Å². The summed E-state index contributed by atoms with van der Waals surface area (Å²) in [7, 11) is 0. The lowest BCUT2D eigenvalue weighted by molar-refractivity contribution is 1.28.